The third-order valence-electron chi connectivity index (χ3n) is 1.04. The lowest BCUT2D eigenvalue weighted by Crippen LogP contribution is -1.95. The highest BCUT2D eigenvalue weighted by Gasteiger charge is 1.82. The van der Waals surface area contributed by atoms with E-state index in [0.717, 1.165) is 0 Å². The third-order valence-corrected chi connectivity index (χ3v) is 1.04. The molecular formula is C12H38O13. The zero-order chi connectivity index (χ0) is 15.0. The van der Waals surface area contributed by atoms with Gasteiger partial charge in [-0.15, -0.1) is 0 Å². The van der Waals surface area contributed by atoms with E-state index in [9.17, 15) is 14.4 Å². The summed E-state index contributed by atoms with van der Waals surface area (Å²) < 4.78 is 13.2. The standard InChI is InChI=1S/3C4H8O2.7H2O/c3*1-3-6-4(2)5;;;;;;;/h3*3H2,1-2H3;7*1H2. The lowest BCUT2D eigenvalue weighted by molar-refractivity contribution is -0.141. The average molecular weight is 390 g/mol. The molecule has 14 N–H and O–H groups in total. The van der Waals surface area contributed by atoms with Crippen LogP contribution in [-0.4, -0.2) is 76.1 Å². The highest BCUT2D eigenvalue weighted by molar-refractivity contribution is 5.66. The molecule has 0 fully saturated rings. The molecule has 0 saturated carbocycles. The van der Waals surface area contributed by atoms with Crippen molar-refractivity contribution in [3.8, 4) is 0 Å². The van der Waals surface area contributed by atoms with Crippen LogP contribution in [-0.2, 0) is 28.6 Å². The van der Waals surface area contributed by atoms with Crippen molar-refractivity contribution in [1.82, 2.24) is 0 Å². The van der Waals surface area contributed by atoms with Crippen molar-refractivity contribution < 1.29 is 66.9 Å². The largest absolute Gasteiger partial charge is 0.466 e. The van der Waals surface area contributed by atoms with Gasteiger partial charge in [-0.2, -0.15) is 0 Å². The summed E-state index contributed by atoms with van der Waals surface area (Å²) >= 11 is 0. The Kier molecular flexibility index (Phi) is 151. The van der Waals surface area contributed by atoms with Crippen LogP contribution < -0.4 is 0 Å². The highest BCUT2D eigenvalue weighted by Crippen LogP contribution is 1.70. The Balaban J connectivity index is -0.0000000148. The summed E-state index contributed by atoms with van der Waals surface area (Å²) in [6.07, 6.45) is 0. The van der Waals surface area contributed by atoms with Crippen LogP contribution in [0.3, 0.4) is 0 Å². The van der Waals surface area contributed by atoms with Crippen molar-refractivity contribution in [1.29, 1.82) is 0 Å². The molecule has 0 heterocycles. The molecule has 0 atom stereocenters. The molecule has 0 bridgehead atoms. The molecule has 0 aromatic rings. The second kappa shape index (κ2) is 57.3. The number of hydrogen-bond acceptors (Lipinski definition) is 6. The normalized spacial score (nSPS) is 5.52. The predicted molar refractivity (Wildman–Crippen MR) is 92.2 cm³/mol. The molecule has 0 aliphatic rings. The molecule has 13 heteroatoms. The summed E-state index contributed by atoms with van der Waals surface area (Å²) in [4.78, 5) is 29.5. The van der Waals surface area contributed by atoms with Gasteiger partial charge in [0.1, 0.15) is 0 Å². The second-order valence-corrected chi connectivity index (χ2v) is 2.77. The Morgan fingerprint density at radius 2 is 0.600 bits per heavy atom. The Morgan fingerprint density at radius 3 is 0.600 bits per heavy atom. The molecular weight excluding hydrogens is 352 g/mol. The first-order chi connectivity index (χ1) is 8.31. The summed E-state index contributed by atoms with van der Waals surface area (Å²) in [5.74, 6) is -0.632. The van der Waals surface area contributed by atoms with E-state index in [0.29, 0.717) is 19.8 Å². The van der Waals surface area contributed by atoms with Crippen molar-refractivity contribution in [2.75, 3.05) is 19.8 Å². The van der Waals surface area contributed by atoms with Crippen molar-refractivity contribution in [3.63, 3.8) is 0 Å². The molecule has 0 rings (SSSR count). The van der Waals surface area contributed by atoms with Gasteiger partial charge in [-0.1, -0.05) is 0 Å². The predicted octanol–water partition coefficient (Wildman–Crippen LogP) is -4.06. The third kappa shape index (κ3) is 176. The minimum absolute atomic E-state index is 0. The van der Waals surface area contributed by atoms with Gasteiger partial charge in [0.2, 0.25) is 0 Å². The molecule has 13 nitrogen and oxygen atoms in total. The first kappa shape index (κ1) is 65.7. The van der Waals surface area contributed by atoms with Crippen molar-refractivity contribution >= 4 is 17.9 Å². The molecule has 0 aromatic carbocycles. The Hall–Kier alpha value is -1.87. The number of hydrogen-bond donors (Lipinski definition) is 0. The fourth-order valence-corrected chi connectivity index (χ4v) is 0.610. The van der Waals surface area contributed by atoms with Gasteiger partial charge in [0, 0.05) is 20.8 Å². The average Bonchev–Trinajstić information content (AvgIpc) is 2.18. The molecule has 0 aliphatic heterocycles. The number of ether oxygens (including phenoxy) is 3. The molecule has 0 aliphatic carbocycles. The molecule has 164 valence electrons. The number of carbonyl (C=O) groups excluding carboxylic acids is 3. The molecule has 0 saturated heterocycles. The molecule has 0 spiro atoms. The van der Waals surface area contributed by atoms with Crippen LogP contribution >= 0.6 is 0 Å². The number of carbonyl (C=O) groups is 3. The Morgan fingerprint density at radius 1 is 0.480 bits per heavy atom. The zero-order valence-electron chi connectivity index (χ0n) is 15.6. The van der Waals surface area contributed by atoms with E-state index in [1.807, 2.05) is 0 Å². The van der Waals surface area contributed by atoms with Crippen molar-refractivity contribution in [3.05, 3.63) is 0 Å². The van der Waals surface area contributed by atoms with Gasteiger partial charge >= 0.3 is 17.9 Å². The van der Waals surface area contributed by atoms with Gasteiger partial charge in [-0.25, -0.2) is 0 Å². The minimum Gasteiger partial charge on any atom is -0.466 e. The van der Waals surface area contributed by atoms with Gasteiger partial charge in [-0.05, 0) is 20.8 Å². The van der Waals surface area contributed by atoms with Crippen LogP contribution in [0.2, 0.25) is 0 Å². The van der Waals surface area contributed by atoms with E-state index in [2.05, 4.69) is 14.2 Å². The van der Waals surface area contributed by atoms with Gasteiger partial charge in [0.05, 0.1) is 19.8 Å². The monoisotopic (exact) mass is 390 g/mol. The van der Waals surface area contributed by atoms with Crippen molar-refractivity contribution in [2.45, 2.75) is 41.5 Å². The first-order valence-corrected chi connectivity index (χ1v) is 5.71. The second-order valence-electron chi connectivity index (χ2n) is 2.77. The maximum absolute atomic E-state index is 9.82. The van der Waals surface area contributed by atoms with E-state index >= 15 is 0 Å². The van der Waals surface area contributed by atoms with E-state index in [1.54, 1.807) is 20.8 Å². The SMILES string of the molecule is CCOC(C)=O.CCOC(C)=O.CCOC(C)=O.O.O.O.O.O.O.O. The topological polar surface area (TPSA) is 299 Å². The zero-order valence-corrected chi connectivity index (χ0v) is 15.6. The Labute approximate surface area is 147 Å². The van der Waals surface area contributed by atoms with Crippen LogP contribution in [0.4, 0.5) is 0 Å². The summed E-state index contributed by atoms with van der Waals surface area (Å²) in [6, 6.07) is 0. The number of esters is 3. The smallest absolute Gasteiger partial charge is 0.302 e. The molecule has 0 radical (unpaired) electrons. The number of rotatable bonds is 3. The minimum atomic E-state index is -0.211. The van der Waals surface area contributed by atoms with Crippen LogP contribution in [0.15, 0.2) is 0 Å². The maximum atomic E-state index is 9.82. The van der Waals surface area contributed by atoms with E-state index in [4.69, 9.17) is 0 Å². The quantitative estimate of drug-likeness (QED) is 0.340. The maximum Gasteiger partial charge on any atom is 0.302 e. The Bertz CT molecular complexity index is 195. The van der Waals surface area contributed by atoms with Crippen LogP contribution in [0.1, 0.15) is 41.5 Å². The van der Waals surface area contributed by atoms with Gasteiger partial charge in [-0.3, -0.25) is 14.4 Å². The van der Waals surface area contributed by atoms with E-state index < -0.39 is 0 Å². The summed E-state index contributed by atoms with van der Waals surface area (Å²) in [5, 5.41) is 0. The fourth-order valence-electron chi connectivity index (χ4n) is 0.610. The van der Waals surface area contributed by atoms with Crippen LogP contribution in [0.25, 0.3) is 0 Å². The summed E-state index contributed by atoms with van der Waals surface area (Å²) in [5.41, 5.74) is 0. The summed E-state index contributed by atoms with van der Waals surface area (Å²) in [7, 11) is 0. The molecule has 25 heavy (non-hydrogen) atoms. The summed E-state index contributed by atoms with van der Waals surface area (Å²) in [6.45, 7) is 11.0. The van der Waals surface area contributed by atoms with E-state index in [-0.39, 0.29) is 56.2 Å². The highest BCUT2D eigenvalue weighted by atomic mass is 16.5. The van der Waals surface area contributed by atoms with Crippen LogP contribution in [0.5, 0.6) is 0 Å². The molecule has 0 aromatic heterocycles. The van der Waals surface area contributed by atoms with E-state index in [1.165, 1.54) is 20.8 Å². The van der Waals surface area contributed by atoms with Crippen LogP contribution in [0, 0.1) is 0 Å². The lowest BCUT2D eigenvalue weighted by Gasteiger charge is -1.89. The molecule has 0 amide bonds. The molecule has 0 unspecified atom stereocenters. The fraction of sp³-hybridized carbons (Fsp3) is 0.750. The van der Waals surface area contributed by atoms with Gasteiger partial charge in [0.15, 0.2) is 0 Å². The van der Waals surface area contributed by atoms with Gasteiger partial charge in [0.25, 0.3) is 0 Å². The van der Waals surface area contributed by atoms with Crippen molar-refractivity contribution in [2.24, 2.45) is 0 Å². The van der Waals surface area contributed by atoms with Gasteiger partial charge < -0.3 is 52.5 Å². The lowest BCUT2D eigenvalue weighted by atomic mass is 10.8. The first-order valence-electron chi connectivity index (χ1n) is 5.71.